The zero-order valence-electron chi connectivity index (χ0n) is 12.9. The van der Waals surface area contributed by atoms with Crippen LogP contribution in [0, 0.1) is 0 Å². The van der Waals surface area contributed by atoms with Crippen molar-refractivity contribution in [2.45, 2.75) is 57.7 Å². The normalized spacial score (nSPS) is 23.8. The SMILES string of the molecule is CCCOc1ccc(C(C)NC2CCCC2OC)cc1. The van der Waals surface area contributed by atoms with Gasteiger partial charge in [0.15, 0.2) is 0 Å². The zero-order valence-corrected chi connectivity index (χ0v) is 12.9. The maximum atomic E-state index is 5.62. The molecule has 3 heteroatoms. The van der Waals surface area contributed by atoms with Crippen molar-refractivity contribution in [3.63, 3.8) is 0 Å². The van der Waals surface area contributed by atoms with Crippen molar-refractivity contribution in [2.75, 3.05) is 13.7 Å². The van der Waals surface area contributed by atoms with Gasteiger partial charge in [0.25, 0.3) is 0 Å². The molecule has 3 unspecified atom stereocenters. The molecule has 0 spiro atoms. The van der Waals surface area contributed by atoms with Gasteiger partial charge in [-0.1, -0.05) is 19.1 Å². The third-order valence-corrected chi connectivity index (χ3v) is 4.07. The smallest absolute Gasteiger partial charge is 0.119 e. The molecule has 2 rings (SSSR count). The molecule has 112 valence electrons. The number of rotatable bonds is 7. The highest BCUT2D eigenvalue weighted by Crippen LogP contribution is 2.25. The van der Waals surface area contributed by atoms with Gasteiger partial charge in [0.05, 0.1) is 12.7 Å². The van der Waals surface area contributed by atoms with Gasteiger partial charge < -0.3 is 14.8 Å². The molecule has 20 heavy (non-hydrogen) atoms. The second kappa shape index (κ2) is 7.65. The molecule has 1 N–H and O–H groups in total. The van der Waals surface area contributed by atoms with Crippen LogP contribution < -0.4 is 10.1 Å². The van der Waals surface area contributed by atoms with E-state index in [1.807, 2.05) is 7.11 Å². The van der Waals surface area contributed by atoms with Gasteiger partial charge in [0.1, 0.15) is 5.75 Å². The predicted molar refractivity (Wildman–Crippen MR) is 82.2 cm³/mol. The lowest BCUT2D eigenvalue weighted by Crippen LogP contribution is -2.38. The van der Waals surface area contributed by atoms with Gasteiger partial charge in [-0.25, -0.2) is 0 Å². The van der Waals surface area contributed by atoms with E-state index in [-0.39, 0.29) is 0 Å². The van der Waals surface area contributed by atoms with Crippen molar-refractivity contribution >= 4 is 0 Å². The van der Waals surface area contributed by atoms with Crippen molar-refractivity contribution in [3.8, 4) is 5.75 Å². The molecule has 1 saturated carbocycles. The van der Waals surface area contributed by atoms with E-state index in [1.54, 1.807) is 0 Å². The lowest BCUT2D eigenvalue weighted by atomic mass is 10.1. The highest BCUT2D eigenvalue weighted by molar-refractivity contribution is 5.29. The van der Waals surface area contributed by atoms with Crippen LogP contribution in [0.3, 0.4) is 0 Å². The van der Waals surface area contributed by atoms with Gasteiger partial charge in [-0.05, 0) is 50.3 Å². The van der Waals surface area contributed by atoms with Gasteiger partial charge >= 0.3 is 0 Å². The summed E-state index contributed by atoms with van der Waals surface area (Å²) in [6.07, 6.45) is 5.04. The van der Waals surface area contributed by atoms with E-state index >= 15 is 0 Å². The summed E-state index contributed by atoms with van der Waals surface area (Å²) in [5.74, 6) is 0.957. The summed E-state index contributed by atoms with van der Waals surface area (Å²) in [4.78, 5) is 0. The summed E-state index contributed by atoms with van der Waals surface area (Å²) in [6, 6.07) is 9.25. The summed E-state index contributed by atoms with van der Waals surface area (Å²) in [5, 5.41) is 3.69. The Balaban J connectivity index is 1.90. The van der Waals surface area contributed by atoms with Crippen molar-refractivity contribution in [2.24, 2.45) is 0 Å². The highest BCUT2D eigenvalue weighted by Gasteiger charge is 2.28. The molecule has 1 aromatic carbocycles. The molecule has 0 heterocycles. The minimum absolute atomic E-state index is 0.343. The van der Waals surface area contributed by atoms with E-state index in [4.69, 9.17) is 9.47 Å². The molecule has 0 bridgehead atoms. The van der Waals surface area contributed by atoms with E-state index < -0.39 is 0 Å². The van der Waals surface area contributed by atoms with Gasteiger partial charge in [-0.15, -0.1) is 0 Å². The zero-order chi connectivity index (χ0) is 14.4. The van der Waals surface area contributed by atoms with E-state index in [0.29, 0.717) is 18.2 Å². The van der Waals surface area contributed by atoms with E-state index in [9.17, 15) is 0 Å². The average Bonchev–Trinajstić information content (AvgIpc) is 2.92. The van der Waals surface area contributed by atoms with Crippen LogP contribution in [0.1, 0.15) is 51.1 Å². The van der Waals surface area contributed by atoms with Crippen molar-refractivity contribution in [1.29, 1.82) is 0 Å². The molecule has 1 aliphatic rings. The third-order valence-electron chi connectivity index (χ3n) is 4.07. The summed E-state index contributed by atoms with van der Waals surface area (Å²) < 4.78 is 11.2. The first-order valence-corrected chi connectivity index (χ1v) is 7.76. The summed E-state index contributed by atoms with van der Waals surface area (Å²) >= 11 is 0. The maximum absolute atomic E-state index is 5.62. The largest absolute Gasteiger partial charge is 0.494 e. The Labute approximate surface area is 122 Å². The monoisotopic (exact) mass is 277 g/mol. The first-order valence-electron chi connectivity index (χ1n) is 7.76. The number of hydrogen-bond acceptors (Lipinski definition) is 3. The van der Waals surface area contributed by atoms with Crippen molar-refractivity contribution in [1.82, 2.24) is 5.32 Å². The standard InChI is InChI=1S/C17H27NO2/c1-4-12-20-15-10-8-14(9-11-15)13(2)18-16-6-5-7-17(16)19-3/h8-11,13,16-18H,4-7,12H2,1-3H3. The van der Waals surface area contributed by atoms with Crippen LogP contribution >= 0.6 is 0 Å². The van der Waals surface area contributed by atoms with Gasteiger partial charge in [0.2, 0.25) is 0 Å². The fourth-order valence-electron chi connectivity index (χ4n) is 2.89. The molecule has 1 aliphatic carbocycles. The number of methoxy groups -OCH3 is 1. The summed E-state index contributed by atoms with van der Waals surface area (Å²) in [6.45, 7) is 5.12. The molecule has 0 amide bonds. The quantitative estimate of drug-likeness (QED) is 0.824. The highest BCUT2D eigenvalue weighted by atomic mass is 16.5. The molecule has 0 aromatic heterocycles. The van der Waals surface area contributed by atoms with Gasteiger partial charge in [-0.2, -0.15) is 0 Å². The molecule has 3 nitrogen and oxygen atoms in total. The second-order valence-electron chi connectivity index (χ2n) is 5.62. The molecule has 0 saturated heterocycles. The van der Waals surface area contributed by atoms with E-state index in [2.05, 4.69) is 43.4 Å². The van der Waals surface area contributed by atoms with Crippen LogP contribution in [0.5, 0.6) is 5.75 Å². The maximum Gasteiger partial charge on any atom is 0.119 e. The average molecular weight is 277 g/mol. The Morgan fingerprint density at radius 3 is 2.65 bits per heavy atom. The summed E-state index contributed by atoms with van der Waals surface area (Å²) in [5.41, 5.74) is 1.30. The Morgan fingerprint density at radius 2 is 2.00 bits per heavy atom. The molecule has 0 aliphatic heterocycles. The first kappa shape index (κ1) is 15.3. The molecular formula is C17H27NO2. The van der Waals surface area contributed by atoms with Crippen LogP contribution in [-0.4, -0.2) is 25.9 Å². The Bertz CT molecular complexity index is 390. The molecule has 1 fully saturated rings. The van der Waals surface area contributed by atoms with E-state index in [1.165, 1.54) is 24.8 Å². The third kappa shape index (κ3) is 3.97. The Morgan fingerprint density at radius 1 is 1.25 bits per heavy atom. The van der Waals surface area contributed by atoms with E-state index in [0.717, 1.165) is 18.8 Å². The van der Waals surface area contributed by atoms with Crippen LogP contribution in [0.4, 0.5) is 0 Å². The number of nitrogens with one attached hydrogen (secondary N) is 1. The molecular weight excluding hydrogens is 250 g/mol. The molecule has 0 radical (unpaired) electrons. The minimum Gasteiger partial charge on any atom is -0.494 e. The number of benzene rings is 1. The van der Waals surface area contributed by atoms with Gasteiger partial charge in [0, 0.05) is 19.2 Å². The fraction of sp³-hybridized carbons (Fsp3) is 0.647. The van der Waals surface area contributed by atoms with Crippen molar-refractivity contribution in [3.05, 3.63) is 29.8 Å². The Kier molecular flexibility index (Phi) is 5.86. The molecule has 3 atom stereocenters. The van der Waals surface area contributed by atoms with Crippen LogP contribution in [0.25, 0.3) is 0 Å². The molecule has 1 aromatic rings. The lowest BCUT2D eigenvalue weighted by Gasteiger charge is -2.24. The topological polar surface area (TPSA) is 30.5 Å². The minimum atomic E-state index is 0.343. The summed E-state index contributed by atoms with van der Waals surface area (Å²) in [7, 11) is 1.81. The van der Waals surface area contributed by atoms with Gasteiger partial charge in [-0.3, -0.25) is 0 Å². The fourth-order valence-corrected chi connectivity index (χ4v) is 2.89. The number of hydrogen-bond donors (Lipinski definition) is 1. The number of ether oxygens (including phenoxy) is 2. The van der Waals surface area contributed by atoms with Crippen molar-refractivity contribution < 1.29 is 9.47 Å². The Hall–Kier alpha value is -1.06. The predicted octanol–water partition coefficient (Wildman–Crippen LogP) is 3.69. The second-order valence-corrected chi connectivity index (χ2v) is 5.62. The van der Waals surface area contributed by atoms with Crippen LogP contribution in [0.15, 0.2) is 24.3 Å². The van der Waals surface area contributed by atoms with Crippen LogP contribution in [0.2, 0.25) is 0 Å². The first-order chi connectivity index (χ1) is 9.74. The lowest BCUT2D eigenvalue weighted by molar-refractivity contribution is 0.0820. The van der Waals surface area contributed by atoms with Crippen LogP contribution in [-0.2, 0) is 4.74 Å².